The zero-order valence-electron chi connectivity index (χ0n) is 12.4. The summed E-state index contributed by atoms with van der Waals surface area (Å²) in [6, 6.07) is 11.0. The number of unbranched alkanes of at least 4 members (excludes halogenated alkanes) is 1. The summed E-state index contributed by atoms with van der Waals surface area (Å²) in [7, 11) is 1.78. The van der Waals surface area contributed by atoms with Gasteiger partial charge in [0.05, 0.1) is 5.56 Å². The molecule has 21 heavy (non-hydrogen) atoms. The van der Waals surface area contributed by atoms with E-state index in [1.165, 1.54) is 6.20 Å². The molecule has 2 aromatic rings. The van der Waals surface area contributed by atoms with Crippen LogP contribution in [0.5, 0.6) is 0 Å². The minimum Gasteiger partial charge on any atom is -0.342 e. The quantitative estimate of drug-likeness (QED) is 0.917. The first-order chi connectivity index (χ1) is 10.1. The SMILES string of the molecule is CCCCN(C)C(=O)c1c[nH]c(=O)c(-c2ccccc2)c1. The topological polar surface area (TPSA) is 53.2 Å². The van der Waals surface area contributed by atoms with Crippen LogP contribution < -0.4 is 5.56 Å². The van der Waals surface area contributed by atoms with Crippen molar-refractivity contribution in [3.05, 3.63) is 58.5 Å². The molecule has 1 heterocycles. The minimum absolute atomic E-state index is 0.0723. The number of carbonyl (C=O) groups is 1. The van der Waals surface area contributed by atoms with Crippen LogP contribution in [0.2, 0.25) is 0 Å². The second-order valence-electron chi connectivity index (χ2n) is 5.08. The molecule has 0 saturated heterocycles. The Morgan fingerprint density at radius 1 is 1.24 bits per heavy atom. The fourth-order valence-electron chi connectivity index (χ4n) is 2.16. The fourth-order valence-corrected chi connectivity index (χ4v) is 2.16. The van der Waals surface area contributed by atoms with E-state index < -0.39 is 0 Å². The number of pyridine rings is 1. The first kappa shape index (κ1) is 15.0. The number of hydrogen-bond donors (Lipinski definition) is 1. The largest absolute Gasteiger partial charge is 0.342 e. The second-order valence-corrected chi connectivity index (χ2v) is 5.08. The summed E-state index contributed by atoms with van der Waals surface area (Å²) in [4.78, 5) is 28.6. The molecule has 0 unspecified atom stereocenters. The number of amides is 1. The number of carbonyl (C=O) groups excluding carboxylic acids is 1. The van der Waals surface area contributed by atoms with Crippen LogP contribution in [-0.2, 0) is 0 Å². The molecule has 1 aromatic heterocycles. The summed E-state index contributed by atoms with van der Waals surface area (Å²) in [6.07, 6.45) is 3.50. The fraction of sp³-hybridized carbons (Fsp3) is 0.294. The van der Waals surface area contributed by atoms with Crippen LogP contribution in [-0.4, -0.2) is 29.4 Å². The van der Waals surface area contributed by atoms with E-state index in [4.69, 9.17) is 0 Å². The monoisotopic (exact) mass is 284 g/mol. The highest BCUT2D eigenvalue weighted by atomic mass is 16.2. The number of aromatic amines is 1. The van der Waals surface area contributed by atoms with Crippen LogP contribution in [0.3, 0.4) is 0 Å². The number of rotatable bonds is 5. The van der Waals surface area contributed by atoms with Gasteiger partial charge in [0.25, 0.3) is 11.5 Å². The van der Waals surface area contributed by atoms with Gasteiger partial charge >= 0.3 is 0 Å². The molecule has 4 nitrogen and oxygen atoms in total. The molecule has 2 rings (SSSR count). The third-order valence-electron chi connectivity index (χ3n) is 3.43. The van der Waals surface area contributed by atoms with Gasteiger partial charge in [0.1, 0.15) is 0 Å². The van der Waals surface area contributed by atoms with Gasteiger partial charge < -0.3 is 9.88 Å². The van der Waals surface area contributed by atoms with Crippen molar-refractivity contribution in [3.63, 3.8) is 0 Å². The number of H-pyrrole nitrogens is 1. The number of benzene rings is 1. The third kappa shape index (κ3) is 3.60. The van der Waals surface area contributed by atoms with Gasteiger partial charge in [-0.25, -0.2) is 0 Å². The molecule has 110 valence electrons. The average Bonchev–Trinajstić information content (AvgIpc) is 2.53. The maximum Gasteiger partial charge on any atom is 0.255 e. The summed E-state index contributed by atoms with van der Waals surface area (Å²) in [6.45, 7) is 2.81. The molecular weight excluding hydrogens is 264 g/mol. The first-order valence-electron chi connectivity index (χ1n) is 7.17. The molecule has 1 amide bonds. The first-order valence-corrected chi connectivity index (χ1v) is 7.17. The van der Waals surface area contributed by atoms with Crippen molar-refractivity contribution in [2.75, 3.05) is 13.6 Å². The van der Waals surface area contributed by atoms with E-state index in [2.05, 4.69) is 11.9 Å². The average molecular weight is 284 g/mol. The lowest BCUT2D eigenvalue weighted by Gasteiger charge is -2.17. The van der Waals surface area contributed by atoms with Crippen molar-refractivity contribution in [3.8, 4) is 11.1 Å². The van der Waals surface area contributed by atoms with Gasteiger partial charge in [0.2, 0.25) is 0 Å². The van der Waals surface area contributed by atoms with Crippen LogP contribution in [0, 0.1) is 0 Å². The smallest absolute Gasteiger partial charge is 0.255 e. The molecule has 0 atom stereocenters. The highest BCUT2D eigenvalue weighted by Gasteiger charge is 2.13. The van der Waals surface area contributed by atoms with Crippen molar-refractivity contribution in [2.45, 2.75) is 19.8 Å². The second kappa shape index (κ2) is 6.88. The highest BCUT2D eigenvalue weighted by molar-refractivity contribution is 5.94. The Bertz CT molecular complexity index is 662. The van der Waals surface area contributed by atoms with Crippen LogP contribution >= 0.6 is 0 Å². The van der Waals surface area contributed by atoms with E-state index >= 15 is 0 Å². The lowest BCUT2D eigenvalue weighted by atomic mass is 10.1. The highest BCUT2D eigenvalue weighted by Crippen LogP contribution is 2.16. The number of nitrogens with zero attached hydrogens (tertiary/aromatic N) is 1. The van der Waals surface area contributed by atoms with Gasteiger partial charge in [-0.05, 0) is 18.1 Å². The Kier molecular flexibility index (Phi) is 4.93. The van der Waals surface area contributed by atoms with Crippen molar-refractivity contribution < 1.29 is 4.79 Å². The normalized spacial score (nSPS) is 10.4. The van der Waals surface area contributed by atoms with E-state index in [-0.39, 0.29) is 11.5 Å². The summed E-state index contributed by atoms with van der Waals surface area (Å²) < 4.78 is 0. The Morgan fingerprint density at radius 3 is 2.62 bits per heavy atom. The minimum atomic E-state index is -0.186. The van der Waals surface area contributed by atoms with Gasteiger partial charge in [0, 0.05) is 25.4 Å². The maximum absolute atomic E-state index is 12.3. The molecular formula is C17H20N2O2. The van der Waals surface area contributed by atoms with Crippen molar-refractivity contribution >= 4 is 5.91 Å². The molecule has 1 N–H and O–H groups in total. The molecule has 0 aliphatic heterocycles. The molecule has 0 bridgehead atoms. The Morgan fingerprint density at radius 2 is 1.95 bits per heavy atom. The zero-order valence-corrected chi connectivity index (χ0v) is 12.4. The van der Waals surface area contributed by atoms with Crippen LogP contribution in [0.4, 0.5) is 0 Å². The predicted molar refractivity (Wildman–Crippen MR) is 84.4 cm³/mol. The summed E-state index contributed by atoms with van der Waals surface area (Å²) in [5, 5.41) is 0. The zero-order chi connectivity index (χ0) is 15.2. The molecule has 0 aliphatic rings. The van der Waals surface area contributed by atoms with E-state index in [1.54, 1.807) is 18.0 Å². The van der Waals surface area contributed by atoms with Gasteiger partial charge in [-0.3, -0.25) is 9.59 Å². The van der Waals surface area contributed by atoms with Crippen LogP contribution in [0.15, 0.2) is 47.4 Å². The lowest BCUT2D eigenvalue weighted by molar-refractivity contribution is 0.0793. The predicted octanol–water partition coefficient (Wildman–Crippen LogP) is 2.91. The summed E-state index contributed by atoms with van der Waals surface area (Å²) in [5.41, 5.74) is 1.65. The van der Waals surface area contributed by atoms with E-state index in [0.29, 0.717) is 11.1 Å². The summed E-state index contributed by atoms with van der Waals surface area (Å²) >= 11 is 0. The van der Waals surface area contributed by atoms with Gasteiger partial charge in [-0.15, -0.1) is 0 Å². The molecule has 0 aliphatic carbocycles. The van der Waals surface area contributed by atoms with Crippen LogP contribution in [0.1, 0.15) is 30.1 Å². The van der Waals surface area contributed by atoms with E-state index in [1.807, 2.05) is 30.3 Å². The standard InChI is InChI=1S/C17H20N2O2/c1-3-4-10-19(2)17(21)14-11-15(16(20)18-12-14)13-8-6-5-7-9-13/h5-9,11-12H,3-4,10H2,1-2H3,(H,18,20). The molecule has 0 fully saturated rings. The summed E-state index contributed by atoms with van der Waals surface area (Å²) in [5.74, 6) is -0.0723. The molecule has 4 heteroatoms. The lowest BCUT2D eigenvalue weighted by Crippen LogP contribution is -2.28. The molecule has 0 saturated carbocycles. The van der Waals surface area contributed by atoms with Gasteiger partial charge in [0.15, 0.2) is 0 Å². The van der Waals surface area contributed by atoms with Gasteiger partial charge in [-0.2, -0.15) is 0 Å². The van der Waals surface area contributed by atoms with E-state index in [9.17, 15) is 9.59 Å². The van der Waals surface area contributed by atoms with E-state index in [0.717, 1.165) is 24.9 Å². The Balaban J connectivity index is 2.31. The third-order valence-corrected chi connectivity index (χ3v) is 3.43. The Labute approximate surface area is 124 Å². The van der Waals surface area contributed by atoms with Crippen molar-refractivity contribution in [1.82, 2.24) is 9.88 Å². The molecule has 1 aromatic carbocycles. The Hall–Kier alpha value is -2.36. The van der Waals surface area contributed by atoms with Crippen molar-refractivity contribution in [1.29, 1.82) is 0 Å². The van der Waals surface area contributed by atoms with Gasteiger partial charge in [-0.1, -0.05) is 43.7 Å². The van der Waals surface area contributed by atoms with Crippen molar-refractivity contribution in [2.24, 2.45) is 0 Å². The number of aromatic nitrogens is 1. The molecule has 0 radical (unpaired) electrons. The maximum atomic E-state index is 12.3. The number of nitrogens with one attached hydrogen (secondary N) is 1. The molecule has 0 spiro atoms. The number of hydrogen-bond acceptors (Lipinski definition) is 2. The van der Waals surface area contributed by atoms with Crippen LogP contribution in [0.25, 0.3) is 11.1 Å².